The lowest BCUT2D eigenvalue weighted by Gasteiger charge is -2.21. The molecule has 1 aromatic rings. The molecule has 2 N–H and O–H groups in total. The molecule has 0 aliphatic carbocycles. The van der Waals surface area contributed by atoms with Crippen molar-refractivity contribution >= 4 is 23.9 Å². The summed E-state index contributed by atoms with van der Waals surface area (Å²) in [5.41, 5.74) is 5.06. The predicted octanol–water partition coefficient (Wildman–Crippen LogP) is 4.37. The number of hydrogen-bond acceptors (Lipinski definition) is 9. The van der Waals surface area contributed by atoms with E-state index in [1.54, 1.807) is 61.5 Å². The summed E-state index contributed by atoms with van der Waals surface area (Å²) in [6.45, 7) is 15.5. The maximum Gasteiger partial charge on any atom is 0.323 e. The first-order valence-corrected chi connectivity index (χ1v) is 12.7. The van der Waals surface area contributed by atoms with Crippen LogP contribution < -0.4 is 15.2 Å². The Bertz CT molecular complexity index is 958. The molecule has 0 fully saturated rings. The topological polar surface area (TPSA) is 131 Å². The highest BCUT2D eigenvalue weighted by atomic mass is 16.6. The van der Waals surface area contributed by atoms with Gasteiger partial charge in [-0.1, -0.05) is 26.3 Å². The minimum atomic E-state index is -1.02. The Morgan fingerprint density at radius 1 is 0.865 bits per heavy atom. The molecule has 0 heterocycles. The van der Waals surface area contributed by atoms with Gasteiger partial charge in [-0.25, -0.2) is 0 Å². The highest BCUT2D eigenvalue weighted by molar-refractivity contribution is 5.81. The number of benzene rings is 1. The van der Waals surface area contributed by atoms with Crippen LogP contribution in [0.1, 0.15) is 80.7 Å². The number of carbonyl (C=O) groups excluding carboxylic acids is 4. The summed E-state index contributed by atoms with van der Waals surface area (Å²) in [6.07, 6.45) is 1.06. The van der Waals surface area contributed by atoms with Gasteiger partial charge in [-0.2, -0.15) is 0 Å². The van der Waals surface area contributed by atoms with Crippen molar-refractivity contribution in [2.45, 2.75) is 93.7 Å². The van der Waals surface area contributed by atoms with Crippen molar-refractivity contribution in [1.82, 2.24) is 0 Å². The molecule has 1 rings (SSSR count). The third-order valence-electron chi connectivity index (χ3n) is 5.30. The minimum Gasteiger partial charge on any atom is -0.461 e. The average molecular weight is 522 g/mol. The van der Waals surface area contributed by atoms with Gasteiger partial charge in [0.15, 0.2) is 11.5 Å². The normalized spacial score (nSPS) is 14.2. The van der Waals surface area contributed by atoms with Crippen LogP contribution in [0.5, 0.6) is 11.5 Å². The van der Waals surface area contributed by atoms with Crippen molar-refractivity contribution in [3.05, 3.63) is 23.8 Å². The second-order valence-electron chi connectivity index (χ2n) is 11.4. The smallest absolute Gasteiger partial charge is 0.323 e. The summed E-state index contributed by atoms with van der Waals surface area (Å²) in [6, 6.07) is 3.63. The fourth-order valence-electron chi connectivity index (χ4n) is 2.89. The molecule has 3 atom stereocenters. The molecule has 1 aromatic carbocycles. The standard InChI is InChI=1S/C28H43NO8/c1-10-11-17(2)23(30)35-18(3)16-34-24(31)20(29)14-19-12-13-21(36-25(32)27(4,5)6)22(15-19)37-26(33)28(7,8)9/h12-13,15,17-18,20H,10-11,14,16,29H2,1-9H3/t17?,18-,20-/m0/s1. The highest BCUT2D eigenvalue weighted by Gasteiger charge is 2.29. The van der Waals surface area contributed by atoms with Crippen molar-refractivity contribution < 1.29 is 38.1 Å². The summed E-state index contributed by atoms with van der Waals surface area (Å²) >= 11 is 0. The summed E-state index contributed by atoms with van der Waals surface area (Å²) in [5.74, 6) is -2.09. The molecule has 37 heavy (non-hydrogen) atoms. The van der Waals surface area contributed by atoms with E-state index in [4.69, 9.17) is 24.7 Å². The largest absolute Gasteiger partial charge is 0.461 e. The van der Waals surface area contributed by atoms with Gasteiger partial charge in [0, 0.05) is 0 Å². The molecule has 0 spiro atoms. The van der Waals surface area contributed by atoms with E-state index in [1.807, 2.05) is 6.92 Å². The van der Waals surface area contributed by atoms with E-state index in [9.17, 15) is 19.2 Å². The highest BCUT2D eigenvalue weighted by Crippen LogP contribution is 2.33. The molecular formula is C28H43NO8. The number of nitrogens with two attached hydrogens (primary N) is 1. The van der Waals surface area contributed by atoms with Crippen molar-refractivity contribution in [1.29, 1.82) is 0 Å². The minimum absolute atomic E-state index is 0.0531. The first kappa shape index (κ1) is 32.1. The van der Waals surface area contributed by atoms with Gasteiger partial charge in [0.05, 0.1) is 16.7 Å². The number of hydrogen-bond donors (Lipinski definition) is 1. The fourth-order valence-corrected chi connectivity index (χ4v) is 2.89. The third-order valence-corrected chi connectivity index (χ3v) is 5.30. The molecular weight excluding hydrogens is 478 g/mol. The van der Waals surface area contributed by atoms with Crippen molar-refractivity contribution in [3.8, 4) is 11.5 Å². The van der Waals surface area contributed by atoms with Gasteiger partial charge in [-0.15, -0.1) is 0 Å². The molecule has 1 unspecified atom stereocenters. The molecule has 9 nitrogen and oxygen atoms in total. The van der Waals surface area contributed by atoms with Gasteiger partial charge in [0.25, 0.3) is 0 Å². The molecule has 0 aliphatic rings. The fraction of sp³-hybridized carbons (Fsp3) is 0.643. The molecule has 0 amide bonds. The van der Waals surface area contributed by atoms with Gasteiger partial charge >= 0.3 is 23.9 Å². The van der Waals surface area contributed by atoms with E-state index in [0.29, 0.717) is 5.56 Å². The van der Waals surface area contributed by atoms with Crippen LogP contribution >= 0.6 is 0 Å². The Hall–Kier alpha value is -2.94. The number of rotatable bonds is 11. The molecule has 0 aromatic heterocycles. The lowest BCUT2D eigenvalue weighted by molar-refractivity contribution is -0.161. The average Bonchev–Trinajstić information content (AvgIpc) is 2.77. The number of ether oxygens (including phenoxy) is 4. The third kappa shape index (κ3) is 10.9. The van der Waals surface area contributed by atoms with Gasteiger partial charge in [-0.05, 0) is 79.0 Å². The Morgan fingerprint density at radius 2 is 1.41 bits per heavy atom. The summed E-state index contributed by atoms with van der Waals surface area (Å²) in [4.78, 5) is 49.4. The van der Waals surface area contributed by atoms with Crippen LogP contribution in [0.25, 0.3) is 0 Å². The van der Waals surface area contributed by atoms with Crippen LogP contribution in [0.4, 0.5) is 0 Å². The zero-order valence-corrected chi connectivity index (χ0v) is 23.6. The van der Waals surface area contributed by atoms with Gasteiger partial charge in [0.1, 0.15) is 18.8 Å². The second kappa shape index (κ2) is 13.6. The van der Waals surface area contributed by atoms with Gasteiger partial charge < -0.3 is 24.7 Å². The van der Waals surface area contributed by atoms with E-state index < -0.39 is 40.9 Å². The summed E-state index contributed by atoms with van der Waals surface area (Å²) < 4.78 is 21.6. The molecule has 0 radical (unpaired) electrons. The molecule has 208 valence electrons. The van der Waals surface area contributed by atoms with E-state index in [1.165, 1.54) is 12.1 Å². The first-order valence-electron chi connectivity index (χ1n) is 12.7. The summed E-state index contributed by atoms with van der Waals surface area (Å²) in [7, 11) is 0. The monoisotopic (exact) mass is 521 g/mol. The maximum atomic E-state index is 12.5. The predicted molar refractivity (Wildman–Crippen MR) is 139 cm³/mol. The van der Waals surface area contributed by atoms with Crippen LogP contribution in [0, 0.1) is 16.7 Å². The van der Waals surface area contributed by atoms with Crippen LogP contribution in [-0.2, 0) is 35.1 Å². The first-order chi connectivity index (χ1) is 16.9. The van der Waals surface area contributed by atoms with Gasteiger partial charge in [-0.3, -0.25) is 19.2 Å². The van der Waals surface area contributed by atoms with Crippen LogP contribution in [0.3, 0.4) is 0 Å². The maximum absolute atomic E-state index is 12.5. The van der Waals surface area contributed by atoms with Crippen molar-refractivity contribution in [2.75, 3.05) is 6.61 Å². The van der Waals surface area contributed by atoms with Crippen molar-refractivity contribution in [2.24, 2.45) is 22.5 Å². The Kier molecular flexibility index (Phi) is 11.8. The lowest BCUT2D eigenvalue weighted by atomic mass is 9.97. The number of esters is 4. The lowest BCUT2D eigenvalue weighted by Crippen LogP contribution is -2.36. The second-order valence-corrected chi connectivity index (χ2v) is 11.4. The van der Waals surface area contributed by atoms with E-state index in [-0.39, 0.29) is 36.4 Å². The quantitative estimate of drug-likeness (QED) is 0.333. The Labute approximate surface area is 220 Å². The molecule has 9 heteroatoms. The van der Waals surface area contributed by atoms with E-state index in [2.05, 4.69) is 0 Å². The van der Waals surface area contributed by atoms with Crippen molar-refractivity contribution in [3.63, 3.8) is 0 Å². The van der Waals surface area contributed by atoms with Crippen LogP contribution in [0.15, 0.2) is 18.2 Å². The molecule has 0 saturated carbocycles. The van der Waals surface area contributed by atoms with Crippen LogP contribution in [0.2, 0.25) is 0 Å². The van der Waals surface area contributed by atoms with Gasteiger partial charge in [0.2, 0.25) is 0 Å². The number of carbonyl (C=O) groups is 4. The van der Waals surface area contributed by atoms with E-state index >= 15 is 0 Å². The SMILES string of the molecule is CCCC(C)C(=O)O[C@@H](C)COC(=O)[C@@H](N)Cc1ccc(OC(=O)C(C)(C)C)c(OC(=O)C(C)(C)C)c1. The van der Waals surface area contributed by atoms with E-state index in [0.717, 1.165) is 12.8 Å². The zero-order chi connectivity index (χ0) is 28.6. The Balaban J connectivity index is 2.91. The Morgan fingerprint density at radius 3 is 1.92 bits per heavy atom. The van der Waals surface area contributed by atoms with Crippen LogP contribution in [-0.4, -0.2) is 42.6 Å². The molecule has 0 saturated heterocycles. The summed E-state index contributed by atoms with van der Waals surface area (Å²) in [5, 5.41) is 0. The zero-order valence-electron chi connectivity index (χ0n) is 23.6. The molecule has 0 bridgehead atoms. The molecule has 0 aliphatic heterocycles.